The predicted molar refractivity (Wildman–Crippen MR) is 82.4 cm³/mol. The van der Waals surface area contributed by atoms with Gasteiger partial charge in [-0.3, -0.25) is 0 Å². The fourth-order valence-corrected chi connectivity index (χ4v) is 2.77. The van der Waals surface area contributed by atoms with Gasteiger partial charge in [0.1, 0.15) is 5.75 Å². The van der Waals surface area contributed by atoms with Crippen LogP contribution in [0.15, 0.2) is 48.5 Å². The van der Waals surface area contributed by atoms with Gasteiger partial charge < -0.3 is 10.1 Å². The van der Waals surface area contributed by atoms with E-state index in [1.54, 1.807) is 0 Å². The van der Waals surface area contributed by atoms with Gasteiger partial charge >= 0.3 is 0 Å². The molecule has 0 aliphatic carbocycles. The maximum atomic E-state index is 5.70. The van der Waals surface area contributed by atoms with E-state index in [-0.39, 0.29) is 0 Å². The zero-order valence-corrected chi connectivity index (χ0v) is 11.9. The van der Waals surface area contributed by atoms with Crippen LogP contribution in [0.5, 0.6) is 5.75 Å². The lowest BCUT2D eigenvalue weighted by Crippen LogP contribution is -2.24. The molecule has 0 saturated carbocycles. The van der Waals surface area contributed by atoms with Crippen molar-refractivity contribution >= 4 is 0 Å². The molecule has 2 nitrogen and oxygen atoms in total. The van der Waals surface area contributed by atoms with Gasteiger partial charge in [-0.15, -0.1) is 0 Å². The molecular weight excluding hydrogens is 246 g/mol. The molecule has 0 radical (unpaired) electrons. The number of para-hydroxylation sites is 1. The summed E-state index contributed by atoms with van der Waals surface area (Å²) in [6, 6.07) is 17.1. The summed E-state index contributed by atoms with van der Waals surface area (Å²) in [4.78, 5) is 0. The Hall–Kier alpha value is -1.80. The van der Waals surface area contributed by atoms with Crippen LogP contribution in [-0.2, 0) is 6.42 Å². The van der Waals surface area contributed by atoms with Crippen molar-refractivity contribution in [3.63, 3.8) is 0 Å². The Labute approximate surface area is 120 Å². The summed E-state index contributed by atoms with van der Waals surface area (Å²) in [7, 11) is 0. The van der Waals surface area contributed by atoms with Gasteiger partial charge in [0.25, 0.3) is 0 Å². The second-order valence-electron chi connectivity index (χ2n) is 5.49. The van der Waals surface area contributed by atoms with Crippen LogP contribution in [0.1, 0.15) is 22.6 Å². The third-order valence-electron chi connectivity index (χ3n) is 3.86. The maximum Gasteiger partial charge on any atom is 0.122 e. The van der Waals surface area contributed by atoms with Gasteiger partial charge in [-0.05, 0) is 31.5 Å². The predicted octanol–water partition coefficient (Wildman–Crippen LogP) is 3.30. The molecule has 3 rings (SSSR count). The van der Waals surface area contributed by atoms with Crippen molar-refractivity contribution in [3.05, 3.63) is 65.2 Å². The molecule has 1 aliphatic rings. The molecule has 2 heteroatoms. The lowest BCUT2D eigenvalue weighted by molar-refractivity contribution is 0.327. The van der Waals surface area contributed by atoms with Crippen molar-refractivity contribution in [2.45, 2.75) is 19.3 Å². The molecule has 0 saturated heterocycles. The summed E-state index contributed by atoms with van der Waals surface area (Å²) in [5, 5.41) is 3.56. The molecule has 0 bridgehead atoms. The third kappa shape index (κ3) is 3.02. The summed E-state index contributed by atoms with van der Waals surface area (Å²) < 4.78 is 5.70. The summed E-state index contributed by atoms with van der Waals surface area (Å²) in [6.45, 7) is 4.95. The Morgan fingerprint density at radius 1 is 1.15 bits per heavy atom. The largest absolute Gasteiger partial charge is 0.493 e. The molecule has 20 heavy (non-hydrogen) atoms. The average Bonchev–Trinajstić information content (AvgIpc) is 2.87. The molecule has 104 valence electrons. The van der Waals surface area contributed by atoms with Crippen LogP contribution in [0, 0.1) is 6.92 Å². The first-order valence-electron chi connectivity index (χ1n) is 7.31. The molecule has 1 heterocycles. The number of fused-ring (bicyclic) bond motifs is 1. The molecule has 0 spiro atoms. The molecule has 2 aromatic carbocycles. The van der Waals surface area contributed by atoms with E-state index in [1.165, 1.54) is 16.7 Å². The number of aryl methyl sites for hydroxylation is 1. The normalized spacial score (nSPS) is 16.8. The summed E-state index contributed by atoms with van der Waals surface area (Å²) in [6.07, 6.45) is 1.08. The van der Waals surface area contributed by atoms with E-state index in [0.29, 0.717) is 5.92 Å². The van der Waals surface area contributed by atoms with Crippen molar-refractivity contribution in [1.82, 2.24) is 5.32 Å². The SMILES string of the molecule is Cc1cccc(CCNCC2COc3ccccc32)c1. The molecule has 1 atom stereocenters. The molecule has 1 unspecified atom stereocenters. The van der Waals surface area contributed by atoms with Crippen molar-refractivity contribution in [2.75, 3.05) is 19.7 Å². The van der Waals surface area contributed by atoms with Crippen molar-refractivity contribution in [2.24, 2.45) is 0 Å². The van der Waals surface area contributed by atoms with E-state index in [1.807, 2.05) is 6.07 Å². The zero-order chi connectivity index (χ0) is 13.8. The van der Waals surface area contributed by atoms with Crippen LogP contribution >= 0.6 is 0 Å². The van der Waals surface area contributed by atoms with Crippen LogP contribution in [0.3, 0.4) is 0 Å². The lowest BCUT2D eigenvalue weighted by atomic mass is 10.0. The minimum absolute atomic E-state index is 0.490. The third-order valence-corrected chi connectivity index (χ3v) is 3.86. The fraction of sp³-hybridized carbons (Fsp3) is 0.333. The van der Waals surface area contributed by atoms with Crippen LogP contribution in [0.4, 0.5) is 0 Å². The fourth-order valence-electron chi connectivity index (χ4n) is 2.77. The van der Waals surface area contributed by atoms with E-state index in [2.05, 4.69) is 54.7 Å². The standard InChI is InChI=1S/C18H21NO/c1-14-5-4-6-15(11-14)9-10-19-12-16-13-20-18-8-3-2-7-17(16)18/h2-8,11,16,19H,9-10,12-13H2,1H3. The Bertz CT molecular complexity index is 579. The van der Waals surface area contributed by atoms with Crippen molar-refractivity contribution in [3.8, 4) is 5.75 Å². The highest BCUT2D eigenvalue weighted by molar-refractivity contribution is 5.39. The Balaban J connectivity index is 1.47. The maximum absolute atomic E-state index is 5.70. The molecule has 0 fully saturated rings. The van der Waals surface area contributed by atoms with Gasteiger partial charge in [0.2, 0.25) is 0 Å². The topological polar surface area (TPSA) is 21.3 Å². The first-order chi connectivity index (χ1) is 9.83. The van der Waals surface area contributed by atoms with Crippen LogP contribution < -0.4 is 10.1 Å². The minimum Gasteiger partial charge on any atom is -0.493 e. The van der Waals surface area contributed by atoms with Gasteiger partial charge in [-0.1, -0.05) is 48.0 Å². The molecule has 0 amide bonds. The van der Waals surface area contributed by atoms with E-state index >= 15 is 0 Å². The smallest absolute Gasteiger partial charge is 0.122 e. The Kier molecular flexibility index (Phi) is 4.03. The second kappa shape index (κ2) is 6.10. The Morgan fingerprint density at radius 3 is 2.95 bits per heavy atom. The lowest BCUT2D eigenvalue weighted by Gasteiger charge is -2.10. The molecule has 1 aliphatic heterocycles. The van der Waals surface area contributed by atoms with E-state index in [9.17, 15) is 0 Å². The van der Waals surface area contributed by atoms with Gasteiger partial charge in [0.15, 0.2) is 0 Å². The molecular formula is C18H21NO. The summed E-state index contributed by atoms with van der Waals surface area (Å²) >= 11 is 0. The minimum atomic E-state index is 0.490. The monoisotopic (exact) mass is 267 g/mol. The number of benzene rings is 2. The van der Waals surface area contributed by atoms with Gasteiger partial charge in [-0.2, -0.15) is 0 Å². The van der Waals surface area contributed by atoms with Gasteiger partial charge in [0.05, 0.1) is 6.61 Å². The quantitative estimate of drug-likeness (QED) is 0.839. The second-order valence-corrected chi connectivity index (χ2v) is 5.49. The van der Waals surface area contributed by atoms with Crippen LogP contribution in [0.2, 0.25) is 0 Å². The summed E-state index contributed by atoms with van der Waals surface area (Å²) in [5.74, 6) is 1.54. The number of rotatable bonds is 5. The highest BCUT2D eigenvalue weighted by Crippen LogP contribution is 2.32. The molecule has 1 N–H and O–H groups in total. The Morgan fingerprint density at radius 2 is 2.05 bits per heavy atom. The van der Waals surface area contributed by atoms with Gasteiger partial charge in [-0.25, -0.2) is 0 Å². The van der Waals surface area contributed by atoms with Crippen LogP contribution in [0.25, 0.3) is 0 Å². The van der Waals surface area contributed by atoms with Crippen LogP contribution in [-0.4, -0.2) is 19.7 Å². The first-order valence-corrected chi connectivity index (χ1v) is 7.31. The molecule has 0 aromatic heterocycles. The highest BCUT2D eigenvalue weighted by atomic mass is 16.5. The number of nitrogens with one attached hydrogen (secondary N) is 1. The number of hydrogen-bond acceptors (Lipinski definition) is 2. The summed E-state index contributed by atoms with van der Waals surface area (Å²) in [5.41, 5.74) is 4.08. The van der Waals surface area contributed by atoms with E-state index in [0.717, 1.165) is 31.9 Å². The number of ether oxygens (including phenoxy) is 1. The van der Waals surface area contributed by atoms with Gasteiger partial charge in [0, 0.05) is 18.0 Å². The van der Waals surface area contributed by atoms with E-state index in [4.69, 9.17) is 4.74 Å². The number of hydrogen-bond donors (Lipinski definition) is 1. The zero-order valence-electron chi connectivity index (χ0n) is 11.9. The van der Waals surface area contributed by atoms with E-state index < -0.39 is 0 Å². The van der Waals surface area contributed by atoms with Crippen molar-refractivity contribution in [1.29, 1.82) is 0 Å². The van der Waals surface area contributed by atoms with Crippen molar-refractivity contribution < 1.29 is 4.74 Å². The highest BCUT2D eigenvalue weighted by Gasteiger charge is 2.22. The average molecular weight is 267 g/mol. The molecule has 2 aromatic rings. The first kappa shape index (κ1) is 13.2.